The lowest BCUT2D eigenvalue weighted by atomic mass is 10.1. The van der Waals surface area contributed by atoms with Gasteiger partial charge in [0.05, 0.1) is 0 Å². The lowest BCUT2D eigenvalue weighted by molar-refractivity contribution is 0.380. The van der Waals surface area contributed by atoms with E-state index in [1.54, 1.807) is 10.7 Å². The molecule has 11 heteroatoms. The van der Waals surface area contributed by atoms with Gasteiger partial charge in [-0.2, -0.15) is 18.9 Å². The Morgan fingerprint density at radius 1 is 0.906 bits per heavy atom. The van der Waals surface area contributed by atoms with E-state index in [1.807, 2.05) is 35.2 Å². The molecule has 1 aliphatic rings. The topological polar surface area (TPSA) is 83.7 Å². The van der Waals surface area contributed by atoms with Gasteiger partial charge >= 0.3 is 0 Å². The third-order valence-electron chi connectivity index (χ3n) is 5.42. The third kappa shape index (κ3) is 3.49. The minimum Gasteiger partial charge on any atom is -0.353 e. The van der Waals surface area contributed by atoms with E-state index in [1.165, 1.54) is 10.6 Å². The van der Waals surface area contributed by atoms with Crippen molar-refractivity contribution in [2.45, 2.75) is 4.90 Å². The number of rotatable bonds is 4. The number of piperazine rings is 1. The molecule has 0 unspecified atom stereocenters. The first-order chi connectivity index (χ1) is 15.4. The Morgan fingerprint density at radius 2 is 1.66 bits per heavy atom. The summed E-state index contributed by atoms with van der Waals surface area (Å²) in [5.74, 6) is -0.738. The Bertz CT molecular complexity index is 1390. The maximum atomic E-state index is 14.1. The summed E-state index contributed by atoms with van der Waals surface area (Å²) in [6, 6.07) is 12.2. The second kappa shape index (κ2) is 7.92. The quantitative estimate of drug-likeness (QED) is 0.470. The summed E-state index contributed by atoms with van der Waals surface area (Å²) in [5, 5.41) is 4.30. The van der Waals surface area contributed by atoms with Crippen LogP contribution >= 0.6 is 0 Å². The zero-order chi connectivity index (χ0) is 22.3. The molecule has 0 spiro atoms. The summed E-state index contributed by atoms with van der Waals surface area (Å²) in [7, 11) is -4.09. The lowest BCUT2D eigenvalue weighted by Gasteiger charge is -2.36. The second-order valence-corrected chi connectivity index (χ2v) is 9.21. The zero-order valence-electron chi connectivity index (χ0n) is 16.8. The molecule has 3 heterocycles. The average molecular weight is 456 g/mol. The van der Waals surface area contributed by atoms with Crippen molar-refractivity contribution in [1.29, 1.82) is 0 Å². The van der Waals surface area contributed by atoms with Crippen LogP contribution in [0.15, 0.2) is 66.0 Å². The molecule has 2 aromatic heterocycles. The molecule has 0 saturated carbocycles. The van der Waals surface area contributed by atoms with Crippen LogP contribution in [0.4, 0.5) is 14.6 Å². The Kier molecular flexibility index (Phi) is 5.06. The third-order valence-corrected chi connectivity index (χ3v) is 7.35. The van der Waals surface area contributed by atoms with E-state index in [2.05, 4.69) is 15.1 Å². The molecule has 0 aliphatic carbocycles. The van der Waals surface area contributed by atoms with Crippen LogP contribution in [0.2, 0.25) is 0 Å². The van der Waals surface area contributed by atoms with Crippen molar-refractivity contribution in [3.63, 3.8) is 0 Å². The Balaban J connectivity index is 1.46. The van der Waals surface area contributed by atoms with E-state index in [0.717, 1.165) is 29.1 Å². The van der Waals surface area contributed by atoms with Gasteiger partial charge < -0.3 is 4.90 Å². The fourth-order valence-corrected chi connectivity index (χ4v) is 5.32. The van der Waals surface area contributed by atoms with Gasteiger partial charge in [-0.25, -0.2) is 22.2 Å². The predicted molar refractivity (Wildman–Crippen MR) is 114 cm³/mol. The van der Waals surface area contributed by atoms with Crippen molar-refractivity contribution in [1.82, 2.24) is 23.9 Å². The van der Waals surface area contributed by atoms with E-state index in [4.69, 9.17) is 0 Å². The van der Waals surface area contributed by atoms with E-state index in [9.17, 15) is 17.2 Å². The summed E-state index contributed by atoms with van der Waals surface area (Å²) in [4.78, 5) is 10.0. The molecule has 0 radical (unpaired) electrons. The van der Waals surface area contributed by atoms with Crippen LogP contribution in [0.25, 0.3) is 16.9 Å². The van der Waals surface area contributed by atoms with E-state index < -0.39 is 26.6 Å². The van der Waals surface area contributed by atoms with E-state index in [-0.39, 0.29) is 13.1 Å². The van der Waals surface area contributed by atoms with Crippen molar-refractivity contribution < 1.29 is 17.2 Å². The van der Waals surface area contributed by atoms with Crippen molar-refractivity contribution in [3.05, 3.63) is 72.7 Å². The Hall–Kier alpha value is -3.44. The zero-order valence-corrected chi connectivity index (χ0v) is 17.6. The fraction of sp³-hybridized carbons (Fsp3) is 0.190. The molecule has 5 rings (SSSR count). The number of sulfonamides is 1. The molecule has 164 valence electrons. The summed E-state index contributed by atoms with van der Waals surface area (Å²) < 4.78 is 56.1. The molecular formula is C21H18F2N6O2S. The Morgan fingerprint density at radius 3 is 2.38 bits per heavy atom. The maximum absolute atomic E-state index is 14.1. The van der Waals surface area contributed by atoms with Crippen LogP contribution < -0.4 is 4.90 Å². The highest BCUT2D eigenvalue weighted by Gasteiger charge is 2.32. The van der Waals surface area contributed by atoms with Gasteiger partial charge in [0.2, 0.25) is 10.0 Å². The smallest absolute Gasteiger partial charge is 0.254 e. The van der Waals surface area contributed by atoms with Gasteiger partial charge in [0.15, 0.2) is 0 Å². The van der Waals surface area contributed by atoms with Crippen LogP contribution in [0.3, 0.4) is 0 Å². The van der Waals surface area contributed by atoms with Gasteiger partial charge in [-0.1, -0.05) is 30.3 Å². The number of anilines is 1. The summed E-state index contributed by atoms with van der Waals surface area (Å²) in [6.45, 7) is 0.958. The summed E-state index contributed by atoms with van der Waals surface area (Å²) in [5.41, 5.74) is 1.78. The van der Waals surface area contributed by atoms with E-state index in [0.29, 0.717) is 24.9 Å². The molecule has 1 saturated heterocycles. The lowest BCUT2D eigenvalue weighted by Crippen LogP contribution is -2.49. The van der Waals surface area contributed by atoms with Gasteiger partial charge in [0.25, 0.3) is 5.78 Å². The highest BCUT2D eigenvalue weighted by Crippen LogP contribution is 2.31. The molecule has 0 N–H and O–H groups in total. The molecule has 0 bridgehead atoms. The van der Waals surface area contributed by atoms with Gasteiger partial charge in [0.1, 0.15) is 28.7 Å². The number of aromatic nitrogens is 4. The van der Waals surface area contributed by atoms with E-state index >= 15 is 0 Å². The highest BCUT2D eigenvalue weighted by molar-refractivity contribution is 7.89. The van der Waals surface area contributed by atoms with Crippen LogP contribution in [-0.4, -0.2) is 58.5 Å². The molecule has 8 nitrogen and oxygen atoms in total. The van der Waals surface area contributed by atoms with Crippen LogP contribution in [0.5, 0.6) is 0 Å². The SMILES string of the molecule is O=S(=O)(c1ccc(F)cc1F)N1CCN(c2c(-c3ccccc3)cnc3ncnn23)CC1. The minimum absolute atomic E-state index is 0.131. The summed E-state index contributed by atoms with van der Waals surface area (Å²) >= 11 is 0. The monoisotopic (exact) mass is 456 g/mol. The van der Waals surface area contributed by atoms with Crippen LogP contribution in [-0.2, 0) is 10.0 Å². The molecule has 2 aromatic carbocycles. The normalized spacial score (nSPS) is 15.4. The maximum Gasteiger partial charge on any atom is 0.254 e. The first kappa shape index (κ1) is 20.5. The number of benzene rings is 2. The number of nitrogens with zero attached hydrogens (tertiary/aromatic N) is 6. The molecule has 0 amide bonds. The second-order valence-electron chi connectivity index (χ2n) is 7.30. The molecule has 32 heavy (non-hydrogen) atoms. The number of fused-ring (bicyclic) bond motifs is 1. The van der Waals surface area contributed by atoms with Crippen molar-refractivity contribution in [3.8, 4) is 11.1 Å². The van der Waals surface area contributed by atoms with Gasteiger partial charge in [0, 0.05) is 44.0 Å². The molecule has 1 aliphatic heterocycles. The number of hydrogen-bond donors (Lipinski definition) is 0. The minimum atomic E-state index is -4.09. The van der Waals surface area contributed by atoms with Crippen molar-refractivity contribution in [2.24, 2.45) is 0 Å². The van der Waals surface area contributed by atoms with Crippen molar-refractivity contribution in [2.75, 3.05) is 31.1 Å². The number of hydrogen-bond acceptors (Lipinski definition) is 6. The standard InChI is InChI=1S/C21H18F2N6O2S/c22-16-6-7-19(18(23)12-16)32(30,31)28-10-8-27(9-11-28)20-17(15-4-2-1-3-5-15)13-24-21-25-14-26-29(20)21/h1-7,12-14H,8-11H2. The summed E-state index contributed by atoms with van der Waals surface area (Å²) in [6.07, 6.45) is 3.14. The van der Waals surface area contributed by atoms with Crippen LogP contribution in [0, 0.1) is 11.6 Å². The van der Waals surface area contributed by atoms with Crippen molar-refractivity contribution >= 4 is 21.6 Å². The molecule has 0 atom stereocenters. The molecule has 1 fully saturated rings. The van der Waals surface area contributed by atoms with Gasteiger partial charge in [-0.05, 0) is 17.7 Å². The first-order valence-corrected chi connectivity index (χ1v) is 11.3. The number of halogens is 2. The van der Waals surface area contributed by atoms with Gasteiger partial charge in [-0.3, -0.25) is 0 Å². The predicted octanol–water partition coefficient (Wildman–Crippen LogP) is 2.58. The first-order valence-electron chi connectivity index (χ1n) is 9.89. The highest BCUT2D eigenvalue weighted by atomic mass is 32.2. The molecular weight excluding hydrogens is 438 g/mol. The fourth-order valence-electron chi connectivity index (χ4n) is 3.86. The largest absolute Gasteiger partial charge is 0.353 e. The Labute approximate surface area is 182 Å². The molecule has 4 aromatic rings. The van der Waals surface area contributed by atoms with Gasteiger partial charge in [-0.15, -0.1) is 0 Å². The van der Waals surface area contributed by atoms with Crippen LogP contribution in [0.1, 0.15) is 0 Å². The average Bonchev–Trinajstić information content (AvgIpc) is 3.28.